The number of nitrogens with one attached hydrogen (secondary N) is 2. The van der Waals surface area contributed by atoms with Gasteiger partial charge in [-0.3, -0.25) is 10.2 Å². The molecule has 2 N–H and O–H groups in total. The summed E-state index contributed by atoms with van der Waals surface area (Å²) in [4.78, 5) is 0.722. The van der Waals surface area contributed by atoms with E-state index in [0.717, 1.165) is 32.7 Å². The largest absolute Gasteiger partial charge is 0.282 e. The van der Waals surface area contributed by atoms with E-state index in [9.17, 15) is 0 Å². The SMILES string of the molecule is Cc1cc(-c2nnc3sc(-c4cc(C(C)C)[nH]n4)nn23)n[nH]1. The van der Waals surface area contributed by atoms with Crippen LogP contribution in [0.3, 0.4) is 0 Å². The minimum Gasteiger partial charge on any atom is -0.282 e. The van der Waals surface area contributed by atoms with Gasteiger partial charge in [-0.1, -0.05) is 25.2 Å². The van der Waals surface area contributed by atoms with Crippen molar-refractivity contribution < 1.29 is 0 Å². The molecule has 4 aromatic rings. The lowest BCUT2D eigenvalue weighted by atomic mass is 10.1. The molecule has 0 amide bonds. The topological polar surface area (TPSA) is 100 Å². The zero-order valence-electron chi connectivity index (χ0n) is 12.3. The fourth-order valence-electron chi connectivity index (χ4n) is 2.15. The molecule has 0 spiro atoms. The van der Waals surface area contributed by atoms with Gasteiger partial charge in [0.1, 0.15) is 11.4 Å². The summed E-state index contributed by atoms with van der Waals surface area (Å²) in [6.45, 7) is 6.18. The molecule has 0 atom stereocenters. The Labute approximate surface area is 129 Å². The van der Waals surface area contributed by atoms with Gasteiger partial charge in [-0.2, -0.15) is 19.8 Å². The first-order valence-corrected chi connectivity index (χ1v) is 7.74. The molecule has 0 aliphatic carbocycles. The molecule has 0 aliphatic heterocycles. The second-order valence-corrected chi connectivity index (χ2v) is 6.38. The van der Waals surface area contributed by atoms with Crippen LogP contribution in [0.25, 0.3) is 27.2 Å². The van der Waals surface area contributed by atoms with Gasteiger partial charge in [-0.05, 0) is 25.0 Å². The predicted octanol–water partition coefficient (Wildman–Crippen LogP) is 2.40. The number of hydrogen-bond donors (Lipinski definition) is 2. The van der Waals surface area contributed by atoms with E-state index < -0.39 is 0 Å². The molecule has 0 fully saturated rings. The van der Waals surface area contributed by atoms with Crippen LogP contribution in [0, 0.1) is 6.92 Å². The molecule has 112 valence electrons. The van der Waals surface area contributed by atoms with E-state index in [2.05, 4.69) is 49.5 Å². The molecule has 22 heavy (non-hydrogen) atoms. The average molecular weight is 314 g/mol. The maximum atomic E-state index is 4.58. The highest BCUT2D eigenvalue weighted by atomic mass is 32.1. The molecule has 4 aromatic heterocycles. The van der Waals surface area contributed by atoms with Crippen LogP contribution < -0.4 is 0 Å². The molecule has 4 heterocycles. The van der Waals surface area contributed by atoms with Crippen LogP contribution in [-0.2, 0) is 0 Å². The van der Waals surface area contributed by atoms with Crippen molar-refractivity contribution in [2.75, 3.05) is 0 Å². The number of aromatic nitrogens is 8. The molecular formula is C13H14N8S. The molecule has 0 saturated carbocycles. The summed E-state index contributed by atoms with van der Waals surface area (Å²) in [5.74, 6) is 1.02. The van der Waals surface area contributed by atoms with E-state index in [4.69, 9.17) is 0 Å². The summed E-state index contributed by atoms with van der Waals surface area (Å²) in [6.07, 6.45) is 0. The van der Waals surface area contributed by atoms with Crippen molar-refractivity contribution in [3.63, 3.8) is 0 Å². The molecule has 9 heteroatoms. The molecule has 0 bridgehead atoms. The molecule has 0 aliphatic rings. The fourth-order valence-corrected chi connectivity index (χ4v) is 2.95. The number of aromatic amines is 2. The first-order valence-electron chi connectivity index (χ1n) is 6.92. The van der Waals surface area contributed by atoms with Gasteiger partial charge in [0.25, 0.3) is 0 Å². The predicted molar refractivity (Wildman–Crippen MR) is 82.6 cm³/mol. The molecule has 0 saturated heterocycles. The Morgan fingerprint density at radius 1 is 1.09 bits per heavy atom. The normalized spacial score (nSPS) is 11.8. The number of rotatable bonds is 3. The van der Waals surface area contributed by atoms with Crippen LogP contribution in [0.1, 0.15) is 31.2 Å². The van der Waals surface area contributed by atoms with Crippen molar-refractivity contribution >= 4 is 16.3 Å². The summed E-state index contributed by atoms with van der Waals surface area (Å²) < 4.78 is 1.71. The smallest absolute Gasteiger partial charge is 0.235 e. The molecule has 4 rings (SSSR count). The molecule has 0 aromatic carbocycles. The van der Waals surface area contributed by atoms with E-state index in [0.29, 0.717) is 11.7 Å². The lowest BCUT2D eigenvalue weighted by Crippen LogP contribution is -1.91. The monoisotopic (exact) mass is 314 g/mol. The second-order valence-electron chi connectivity index (χ2n) is 5.42. The zero-order valence-corrected chi connectivity index (χ0v) is 13.1. The van der Waals surface area contributed by atoms with Crippen LogP contribution in [0.2, 0.25) is 0 Å². The third-order valence-electron chi connectivity index (χ3n) is 3.36. The van der Waals surface area contributed by atoms with Crippen LogP contribution in [0.4, 0.5) is 0 Å². The lowest BCUT2D eigenvalue weighted by molar-refractivity contribution is 0.810. The van der Waals surface area contributed by atoms with Gasteiger partial charge >= 0.3 is 0 Å². The van der Waals surface area contributed by atoms with Gasteiger partial charge in [0, 0.05) is 11.4 Å². The summed E-state index contributed by atoms with van der Waals surface area (Å²) in [7, 11) is 0. The van der Waals surface area contributed by atoms with Crippen molar-refractivity contribution in [1.29, 1.82) is 0 Å². The summed E-state index contributed by atoms with van der Waals surface area (Å²) in [6, 6.07) is 3.94. The van der Waals surface area contributed by atoms with Gasteiger partial charge in [0.05, 0.1) is 0 Å². The van der Waals surface area contributed by atoms with Crippen molar-refractivity contribution in [2.24, 2.45) is 0 Å². The summed E-state index contributed by atoms with van der Waals surface area (Å²) in [5, 5.41) is 28.2. The minimum atomic E-state index is 0.398. The van der Waals surface area contributed by atoms with Crippen LogP contribution >= 0.6 is 11.3 Å². The van der Waals surface area contributed by atoms with E-state index >= 15 is 0 Å². The Hall–Kier alpha value is -2.55. The third-order valence-corrected chi connectivity index (χ3v) is 4.29. The Balaban J connectivity index is 1.79. The molecular weight excluding hydrogens is 300 g/mol. The highest BCUT2D eigenvalue weighted by Crippen LogP contribution is 2.27. The van der Waals surface area contributed by atoms with Gasteiger partial charge in [0.2, 0.25) is 10.8 Å². The lowest BCUT2D eigenvalue weighted by Gasteiger charge is -1.96. The van der Waals surface area contributed by atoms with Gasteiger partial charge in [-0.25, -0.2) is 0 Å². The first-order chi connectivity index (χ1) is 10.6. The van der Waals surface area contributed by atoms with E-state index in [1.807, 2.05) is 19.1 Å². The van der Waals surface area contributed by atoms with Crippen LogP contribution in [0.5, 0.6) is 0 Å². The van der Waals surface area contributed by atoms with Crippen molar-refractivity contribution in [1.82, 2.24) is 40.2 Å². The average Bonchev–Trinajstić information content (AvgIpc) is 3.20. The van der Waals surface area contributed by atoms with Crippen molar-refractivity contribution in [2.45, 2.75) is 26.7 Å². The second kappa shape index (κ2) is 4.73. The van der Waals surface area contributed by atoms with Gasteiger partial charge < -0.3 is 0 Å². The highest BCUT2D eigenvalue weighted by Gasteiger charge is 2.17. The quantitative estimate of drug-likeness (QED) is 0.605. The zero-order chi connectivity index (χ0) is 15.3. The Morgan fingerprint density at radius 2 is 1.91 bits per heavy atom. The Bertz CT molecular complexity index is 940. The Kier molecular flexibility index (Phi) is 2.83. The fraction of sp³-hybridized carbons (Fsp3) is 0.308. The first kappa shape index (κ1) is 13.1. The third kappa shape index (κ3) is 2.01. The van der Waals surface area contributed by atoms with Crippen molar-refractivity contribution in [3.05, 3.63) is 23.5 Å². The number of aryl methyl sites for hydroxylation is 1. The van der Waals surface area contributed by atoms with E-state index in [1.54, 1.807) is 4.52 Å². The summed E-state index contributed by atoms with van der Waals surface area (Å²) >= 11 is 1.46. The van der Waals surface area contributed by atoms with Gasteiger partial charge in [-0.15, -0.1) is 10.2 Å². The standard InChI is InChI=1S/C13H14N8S/c1-6(2)8-5-10(17-15-8)12-20-21-11(18-19-13(21)22-12)9-4-7(3)14-16-9/h4-6H,1-3H3,(H,14,16)(H,15,17). The number of H-pyrrole nitrogens is 2. The number of fused-ring (bicyclic) bond motifs is 1. The number of hydrogen-bond acceptors (Lipinski definition) is 6. The van der Waals surface area contributed by atoms with E-state index in [-0.39, 0.29) is 0 Å². The number of nitrogens with zero attached hydrogens (tertiary/aromatic N) is 6. The van der Waals surface area contributed by atoms with Crippen LogP contribution in [-0.4, -0.2) is 40.2 Å². The molecule has 0 unspecified atom stereocenters. The van der Waals surface area contributed by atoms with Crippen LogP contribution in [0.15, 0.2) is 12.1 Å². The molecule has 0 radical (unpaired) electrons. The van der Waals surface area contributed by atoms with Gasteiger partial charge in [0.15, 0.2) is 5.01 Å². The maximum Gasteiger partial charge on any atom is 0.235 e. The Morgan fingerprint density at radius 3 is 2.59 bits per heavy atom. The maximum absolute atomic E-state index is 4.58. The van der Waals surface area contributed by atoms with E-state index in [1.165, 1.54) is 11.3 Å². The minimum absolute atomic E-state index is 0.398. The highest BCUT2D eigenvalue weighted by molar-refractivity contribution is 7.19. The molecule has 8 nitrogen and oxygen atoms in total. The van der Waals surface area contributed by atoms with Crippen molar-refractivity contribution in [3.8, 4) is 22.2 Å². The summed E-state index contributed by atoms with van der Waals surface area (Å²) in [5.41, 5.74) is 3.61.